The van der Waals surface area contributed by atoms with Crippen LogP contribution in [-0.4, -0.2) is 15.1 Å². The first kappa shape index (κ1) is 17.7. The van der Waals surface area contributed by atoms with Crippen molar-refractivity contribution in [3.63, 3.8) is 0 Å². The summed E-state index contributed by atoms with van der Waals surface area (Å²) in [6, 6.07) is 26.1. The van der Waals surface area contributed by atoms with Gasteiger partial charge in [-0.1, -0.05) is 30.3 Å². The number of oxazole rings is 1. The number of hydrogen-bond donors (Lipinski definition) is 1. The number of nitriles is 1. The minimum Gasteiger partial charge on any atom is -0.507 e. The van der Waals surface area contributed by atoms with Gasteiger partial charge >= 0.3 is 0 Å². The number of rotatable bonds is 3. The Hall–Kier alpha value is -4.43. The average molecular weight is 389 g/mol. The summed E-state index contributed by atoms with van der Waals surface area (Å²) >= 11 is 0. The highest BCUT2D eigenvalue weighted by atomic mass is 16.3. The number of hydrogen-bond acceptors (Lipinski definition) is 5. The van der Waals surface area contributed by atoms with Gasteiger partial charge in [0.25, 0.3) is 0 Å². The number of nitrogens with zero attached hydrogens (tertiary/aromatic N) is 3. The third-order valence-corrected chi connectivity index (χ3v) is 4.89. The summed E-state index contributed by atoms with van der Waals surface area (Å²) in [4.78, 5) is 9.06. The molecule has 5 rings (SSSR count). The van der Waals surface area contributed by atoms with Crippen LogP contribution in [0.4, 0.5) is 0 Å². The van der Waals surface area contributed by atoms with Gasteiger partial charge < -0.3 is 9.52 Å². The highest BCUT2D eigenvalue weighted by Crippen LogP contribution is 2.36. The zero-order chi connectivity index (χ0) is 20.5. The summed E-state index contributed by atoms with van der Waals surface area (Å²) in [7, 11) is 0. The van der Waals surface area contributed by atoms with Gasteiger partial charge in [0.1, 0.15) is 11.3 Å². The minimum atomic E-state index is 0.106. The van der Waals surface area contributed by atoms with Gasteiger partial charge in [-0.05, 0) is 54.1 Å². The van der Waals surface area contributed by atoms with E-state index < -0.39 is 0 Å². The van der Waals surface area contributed by atoms with Crippen LogP contribution in [0.5, 0.6) is 5.75 Å². The third kappa shape index (κ3) is 3.07. The van der Waals surface area contributed by atoms with Gasteiger partial charge in [0.15, 0.2) is 5.58 Å². The largest absolute Gasteiger partial charge is 0.507 e. The van der Waals surface area contributed by atoms with Crippen molar-refractivity contribution >= 4 is 11.1 Å². The Morgan fingerprint density at radius 2 is 1.63 bits per heavy atom. The molecular formula is C25H15N3O2. The summed E-state index contributed by atoms with van der Waals surface area (Å²) in [5, 5.41) is 19.7. The molecule has 0 bridgehead atoms. The summed E-state index contributed by atoms with van der Waals surface area (Å²) in [5.74, 6) is 0.450. The van der Waals surface area contributed by atoms with Crippen molar-refractivity contribution in [1.29, 1.82) is 5.26 Å². The molecule has 0 fully saturated rings. The highest BCUT2D eigenvalue weighted by Gasteiger charge is 2.16. The molecule has 0 aliphatic carbocycles. The van der Waals surface area contributed by atoms with Crippen molar-refractivity contribution in [2.24, 2.45) is 0 Å². The van der Waals surface area contributed by atoms with Crippen LogP contribution in [0.1, 0.15) is 5.56 Å². The smallest absolute Gasteiger partial charge is 0.231 e. The second kappa shape index (κ2) is 7.19. The quantitative estimate of drug-likeness (QED) is 0.421. The van der Waals surface area contributed by atoms with Crippen molar-refractivity contribution in [3.05, 3.63) is 90.6 Å². The Kier molecular flexibility index (Phi) is 4.23. The van der Waals surface area contributed by atoms with Crippen molar-refractivity contribution in [2.75, 3.05) is 0 Å². The molecule has 30 heavy (non-hydrogen) atoms. The van der Waals surface area contributed by atoms with Crippen molar-refractivity contribution < 1.29 is 9.52 Å². The van der Waals surface area contributed by atoms with E-state index >= 15 is 0 Å². The van der Waals surface area contributed by atoms with E-state index in [1.807, 2.05) is 60.7 Å². The van der Waals surface area contributed by atoms with E-state index in [1.165, 1.54) is 0 Å². The van der Waals surface area contributed by atoms with E-state index in [2.05, 4.69) is 16.0 Å². The molecule has 0 spiro atoms. The molecule has 2 heterocycles. The van der Waals surface area contributed by atoms with Gasteiger partial charge in [-0.15, -0.1) is 0 Å². The fourth-order valence-corrected chi connectivity index (χ4v) is 3.48. The van der Waals surface area contributed by atoms with Gasteiger partial charge in [-0.3, -0.25) is 4.98 Å². The van der Waals surface area contributed by atoms with E-state index in [1.54, 1.807) is 24.4 Å². The SMILES string of the molecule is N#Cc1cc(-c2ccccn2)cc(-c2cccc3oc(-c4ccccc4O)nc23)c1. The number of aromatic nitrogens is 2. The Morgan fingerprint density at radius 3 is 2.43 bits per heavy atom. The van der Waals surface area contributed by atoms with Crippen molar-refractivity contribution in [3.8, 4) is 45.7 Å². The number of phenols is 1. The fraction of sp³-hybridized carbons (Fsp3) is 0. The maximum Gasteiger partial charge on any atom is 0.231 e. The van der Waals surface area contributed by atoms with E-state index in [-0.39, 0.29) is 5.75 Å². The Labute approximate surface area is 172 Å². The number of pyridine rings is 1. The summed E-state index contributed by atoms with van der Waals surface area (Å²) in [6.45, 7) is 0. The van der Waals surface area contributed by atoms with E-state index in [0.717, 1.165) is 22.4 Å². The van der Waals surface area contributed by atoms with Gasteiger partial charge in [0.05, 0.1) is 22.9 Å². The second-order valence-electron chi connectivity index (χ2n) is 6.81. The first-order chi connectivity index (χ1) is 14.7. The van der Waals surface area contributed by atoms with Crippen LogP contribution in [0.25, 0.3) is 44.9 Å². The molecule has 0 saturated carbocycles. The molecule has 5 aromatic rings. The molecule has 0 saturated heterocycles. The molecule has 0 aliphatic rings. The average Bonchev–Trinajstić information content (AvgIpc) is 3.23. The molecule has 0 radical (unpaired) electrons. The van der Waals surface area contributed by atoms with Crippen molar-refractivity contribution in [1.82, 2.24) is 9.97 Å². The lowest BCUT2D eigenvalue weighted by atomic mass is 9.97. The molecule has 0 atom stereocenters. The van der Waals surface area contributed by atoms with Gasteiger partial charge in [-0.2, -0.15) is 5.26 Å². The van der Waals surface area contributed by atoms with Crippen LogP contribution < -0.4 is 0 Å². The van der Waals surface area contributed by atoms with Gasteiger partial charge in [0, 0.05) is 17.3 Å². The van der Waals surface area contributed by atoms with E-state index in [4.69, 9.17) is 4.42 Å². The number of benzene rings is 3. The predicted molar refractivity (Wildman–Crippen MR) is 114 cm³/mol. The van der Waals surface area contributed by atoms with E-state index in [0.29, 0.717) is 28.1 Å². The molecular weight excluding hydrogens is 374 g/mol. The molecule has 1 N–H and O–H groups in total. The van der Waals surface area contributed by atoms with Crippen LogP contribution >= 0.6 is 0 Å². The van der Waals surface area contributed by atoms with Crippen LogP contribution in [0.2, 0.25) is 0 Å². The number of para-hydroxylation sites is 2. The summed E-state index contributed by atoms with van der Waals surface area (Å²) < 4.78 is 5.92. The zero-order valence-electron chi connectivity index (χ0n) is 15.8. The molecule has 0 aliphatic heterocycles. The van der Waals surface area contributed by atoms with Gasteiger partial charge in [0.2, 0.25) is 5.89 Å². The lowest BCUT2D eigenvalue weighted by Crippen LogP contribution is -1.88. The lowest BCUT2D eigenvalue weighted by Gasteiger charge is -2.07. The Morgan fingerprint density at radius 1 is 0.833 bits per heavy atom. The number of phenolic OH excluding ortho intramolecular Hbond substituents is 1. The van der Waals surface area contributed by atoms with Crippen LogP contribution in [0, 0.1) is 11.3 Å². The predicted octanol–water partition coefficient (Wildman–Crippen LogP) is 5.80. The third-order valence-electron chi connectivity index (χ3n) is 4.89. The number of aromatic hydroxyl groups is 1. The topological polar surface area (TPSA) is 82.9 Å². The molecule has 2 aromatic heterocycles. The first-order valence-electron chi connectivity index (χ1n) is 9.38. The Balaban J connectivity index is 1.70. The molecule has 142 valence electrons. The Bertz CT molecular complexity index is 1420. The lowest BCUT2D eigenvalue weighted by molar-refractivity contribution is 0.474. The summed E-state index contributed by atoms with van der Waals surface area (Å²) in [5.41, 5.74) is 5.66. The second-order valence-corrected chi connectivity index (χ2v) is 6.81. The zero-order valence-corrected chi connectivity index (χ0v) is 15.8. The molecule has 0 amide bonds. The molecule has 5 nitrogen and oxygen atoms in total. The maximum atomic E-state index is 10.2. The number of fused-ring (bicyclic) bond motifs is 1. The van der Waals surface area contributed by atoms with E-state index in [9.17, 15) is 10.4 Å². The van der Waals surface area contributed by atoms with Crippen LogP contribution in [-0.2, 0) is 0 Å². The molecule has 0 unspecified atom stereocenters. The first-order valence-corrected chi connectivity index (χ1v) is 9.38. The standard InChI is InChI=1S/C25H15N3O2/c26-15-16-12-17(14-18(13-16)21-8-3-4-11-27-21)19-7-5-10-23-24(19)28-25(30-23)20-6-1-2-9-22(20)29/h1-14,29H. The molecule has 3 aromatic carbocycles. The van der Waals surface area contributed by atoms with Crippen molar-refractivity contribution in [2.45, 2.75) is 0 Å². The normalized spacial score (nSPS) is 10.8. The fourth-order valence-electron chi connectivity index (χ4n) is 3.48. The summed E-state index contributed by atoms with van der Waals surface area (Å²) in [6.07, 6.45) is 1.73. The maximum absolute atomic E-state index is 10.2. The highest BCUT2D eigenvalue weighted by molar-refractivity contribution is 5.93. The monoisotopic (exact) mass is 389 g/mol. The molecule has 5 heteroatoms. The van der Waals surface area contributed by atoms with Gasteiger partial charge in [-0.25, -0.2) is 4.98 Å². The van der Waals surface area contributed by atoms with Crippen LogP contribution in [0.3, 0.4) is 0 Å². The minimum absolute atomic E-state index is 0.106. The van der Waals surface area contributed by atoms with Crippen LogP contribution in [0.15, 0.2) is 89.5 Å².